The zero-order valence-electron chi connectivity index (χ0n) is 26.9. The van der Waals surface area contributed by atoms with Crippen LogP contribution in [0.3, 0.4) is 0 Å². The summed E-state index contributed by atoms with van der Waals surface area (Å²) in [7, 11) is 7.60. The van der Waals surface area contributed by atoms with Crippen molar-refractivity contribution in [1.82, 2.24) is 9.80 Å². The van der Waals surface area contributed by atoms with E-state index in [0.717, 1.165) is 54.6 Å². The molecular formula is C37H42N4O5. The normalized spacial score (nSPS) is 19.3. The van der Waals surface area contributed by atoms with Gasteiger partial charge < -0.3 is 35.5 Å². The van der Waals surface area contributed by atoms with Crippen LogP contribution in [-0.4, -0.2) is 56.3 Å². The fraction of sp³-hybridized carbons (Fsp3) is 0.351. The summed E-state index contributed by atoms with van der Waals surface area (Å²) in [5.41, 5.74) is 21.3. The second-order valence-corrected chi connectivity index (χ2v) is 12.7. The Morgan fingerprint density at radius 2 is 1.52 bits per heavy atom. The molecule has 0 fully saturated rings. The predicted molar refractivity (Wildman–Crippen MR) is 179 cm³/mol. The first kappa shape index (κ1) is 30.2. The molecule has 4 aliphatic heterocycles. The number of nitrogens with two attached hydrogens (primary N) is 2. The van der Waals surface area contributed by atoms with E-state index in [2.05, 4.69) is 54.2 Å². The molecule has 240 valence electrons. The van der Waals surface area contributed by atoms with Crippen LogP contribution in [0.4, 0.5) is 11.4 Å². The molecule has 0 saturated heterocycles. The third-order valence-electron chi connectivity index (χ3n) is 9.92. The molecule has 8 rings (SSSR count). The average molecular weight is 623 g/mol. The van der Waals surface area contributed by atoms with Crippen LogP contribution in [0.25, 0.3) is 0 Å². The van der Waals surface area contributed by atoms with Gasteiger partial charge in [-0.1, -0.05) is 12.1 Å². The van der Waals surface area contributed by atoms with Crippen molar-refractivity contribution in [3.05, 3.63) is 93.5 Å². The number of benzene rings is 4. The molecule has 5 N–H and O–H groups in total. The third-order valence-corrected chi connectivity index (χ3v) is 9.92. The number of likely N-dealkylation sites (N-methyl/N-ethyl adjacent to an activating group) is 2. The molecule has 0 unspecified atom stereocenters. The second-order valence-electron chi connectivity index (χ2n) is 12.7. The summed E-state index contributed by atoms with van der Waals surface area (Å²) in [6.45, 7) is 1.62. The molecule has 9 heteroatoms. The lowest BCUT2D eigenvalue weighted by molar-refractivity contribution is 0.219. The molecule has 4 aliphatic rings. The first-order valence-corrected chi connectivity index (χ1v) is 15.8. The fourth-order valence-corrected chi connectivity index (χ4v) is 7.34. The van der Waals surface area contributed by atoms with Crippen LogP contribution in [0.2, 0.25) is 0 Å². The van der Waals surface area contributed by atoms with Gasteiger partial charge in [0.05, 0.1) is 32.2 Å². The minimum atomic E-state index is -0.157. The number of hydrogen-bond acceptors (Lipinski definition) is 9. The number of nitrogen functional groups attached to an aromatic ring is 2. The van der Waals surface area contributed by atoms with E-state index in [1.54, 1.807) is 14.2 Å². The fourth-order valence-electron chi connectivity index (χ4n) is 7.34. The van der Waals surface area contributed by atoms with Crippen LogP contribution in [0.1, 0.15) is 51.0 Å². The van der Waals surface area contributed by atoms with E-state index in [1.165, 1.54) is 11.1 Å². The number of ether oxygens (including phenoxy) is 4. The lowest BCUT2D eigenvalue weighted by Crippen LogP contribution is -2.34. The van der Waals surface area contributed by atoms with E-state index < -0.39 is 0 Å². The molecule has 0 amide bonds. The molecule has 0 radical (unpaired) electrons. The minimum Gasteiger partial charge on any atom is -0.493 e. The van der Waals surface area contributed by atoms with Gasteiger partial charge in [0, 0.05) is 36.3 Å². The van der Waals surface area contributed by atoms with Gasteiger partial charge in [0.15, 0.2) is 28.7 Å². The number of fused-ring (bicyclic) bond motifs is 2. The molecule has 9 nitrogen and oxygen atoms in total. The smallest absolute Gasteiger partial charge is 0.174 e. The summed E-state index contributed by atoms with van der Waals surface area (Å²) in [5.74, 6) is 3.68. The molecule has 4 aromatic rings. The van der Waals surface area contributed by atoms with Crippen LogP contribution in [0, 0.1) is 0 Å². The van der Waals surface area contributed by atoms with Crippen molar-refractivity contribution >= 4 is 11.4 Å². The molecule has 0 spiro atoms. The van der Waals surface area contributed by atoms with Crippen LogP contribution in [0.15, 0.2) is 54.6 Å². The van der Waals surface area contributed by atoms with Crippen molar-refractivity contribution in [3.63, 3.8) is 0 Å². The largest absolute Gasteiger partial charge is 0.493 e. The maximum atomic E-state index is 10.4. The lowest BCUT2D eigenvalue weighted by Gasteiger charge is -2.37. The van der Waals surface area contributed by atoms with E-state index in [-0.39, 0.29) is 18.7 Å². The van der Waals surface area contributed by atoms with Crippen molar-refractivity contribution in [1.29, 1.82) is 0 Å². The minimum absolute atomic E-state index is 0.000623. The molecule has 0 aliphatic carbocycles. The number of hydrogen-bond donors (Lipinski definition) is 3. The highest BCUT2D eigenvalue weighted by Crippen LogP contribution is 2.50. The first-order chi connectivity index (χ1) is 22.3. The molecule has 0 aromatic heterocycles. The second kappa shape index (κ2) is 12.1. The first-order valence-electron chi connectivity index (χ1n) is 15.8. The van der Waals surface area contributed by atoms with E-state index in [0.29, 0.717) is 57.9 Å². The molecule has 4 heterocycles. The van der Waals surface area contributed by atoms with Gasteiger partial charge in [0.25, 0.3) is 0 Å². The van der Waals surface area contributed by atoms with Gasteiger partial charge in [-0.25, -0.2) is 0 Å². The Labute approximate surface area is 270 Å². The van der Waals surface area contributed by atoms with Gasteiger partial charge in [0.1, 0.15) is 5.75 Å². The molecular weight excluding hydrogens is 580 g/mol. The number of rotatable bonds is 3. The molecule has 6 bridgehead atoms. The number of nitrogens with zero attached hydrogens (tertiary/aromatic N) is 2. The van der Waals surface area contributed by atoms with Gasteiger partial charge >= 0.3 is 0 Å². The van der Waals surface area contributed by atoms with Gasteiger partial charge in [-0.05, 0) is 110 Å². The maximum absolute atomic E-state index is 10.4. The summed E-state index contributed by atoms with van der Waals surface area (Å²) in [4.78, 5) is 4.72. The highest BCUT2D eigenvalue weighted by Gasteiger charge is 2.34. The molecule has 0 saturated carbocycles. The van der Waals surface area contributed by atoms with Gasteiger partial charge in [0.2, 0.25) is 0 Å². The maximum Gasteiger partial charge on any atom is 0.174 e. The number of methoxy groups -OCH3 is 2. The van der Waals surface area contributed by atoms with Crippen LogP contribution in [-0.2, 0) is 32.3 Å². The standard InChI is InChI=1S/C37H42N4O5/c1-40-11-9-23-18-31(43-3)32-19-27(23)29(40)15-22-13-28(38)35(39)33(16-22)45-26-7-5-21(6-8-26)14-30-34-24(10-12-41(30)2)17-25(20-42)36(44-4)37(34)46-32/h5-8,13,16-19,29-30,42H,9-12,14-15,20,38-39H2,1-4H3/t29-,30+/m1/s1. The third kappa shape index (κ3) is 5.28. The molecule has 4 aromatic carbocycles. The Morgan fingerprint density at radius 3 is 2.24 bits per heavy atom. The Hall–Kier alpha value is -4.44. The highest BCUT2D eigenvalue weighted by molar-refractivity contribution is 5.72. The van der Waals surface area contributed by atoms with Crippen molar-refractivity contribution in [2.45, 2.75) is 44.4 Å². The van der Waals surface area contributed by atoms with Crippen molar-refractivity contribution in [2.75, 3.05) is 52.9 Å². The van der Waals surface area contributed by atoms with Crippen molar-refractivity contribution in [2.24, 2.45) is 0 Å². The summed E-state index contributed by atoms with van der Waals surface area (Å²) in [6.07, 6.45) is 3.15. The SMILES string of the molecule is COc1cc2c3cc1Oc1c(OC)c(CO)cc4c1[C@H](Cc1ccc(cc1)Oc1cc(cc(N)c1N)C[C@H]3N(C)CC2)N(C)CC4. The van der Waals surface area contributed by atoms with E-state index in [1.807, 2.05) is 24.3 Å². The summed E-state index contributed by atoms with van der Waals surface area (Å²) >= 11 is 0. The van der Waals surface area contributed by atoms with E-state index >= 15 is 0 Å². The number of aliphatic hydroxyl groups is 1. The summed E-state index contributed by atoms with van der Waals surface area (Å²) in [6, 6.07) is 18.4. The number of aliphatic hydroxyl groups excluding tert-OH is 1. The Bertz CT molecular complexity index is 1790. The van der Waals surface area contributed by atoms with Gasteiger partial charge in [-0.2, -0.15) is 0 Å². The Morgan fingerprint density at radius 1 is 0.804 bits per heavy atom. The van der Waals surface area contributed by atoms with Crippen LogP contribution in [0.5, 0.6) is 34.5 Å². The summed E-state index contributed by atoms with van der Waals surface area (Å²) in [5, 5.41) is 10.4. The van der Waals surface area contributed by atoms with Crippen LogP contribution < -0.4 is 30.4 Å². The summed E-state index contributed by atoms with van der Waals surface area (Å²) < 4.78 is 25.3. The highest BCUT2D eigenvalue weighted by atomic mass is 16.5. The van der Waals surface area contributed by atoms with E-state index in [4.69, 9.17) is 30.4 Å². The van der Waals surface area contributed by atoms with Crippen LogP contribution >= 0.6 is 0 Å². The van der Waals surface area contributed by atoms with E-state index in [9.17, 15) is 5.11 Å². The topological polar surface area (TPSA) is 116 Å². The molecule has 46 heavy (non-hydrogen) atoms. The average Bonchev–Trinajstić information content (AvgIpc) is 3.05. The zero-order valence-corrected chi connectivity index (χ0v) is 26.9. The van der Waals surface area contributed by atoms with Crippen molar-refractivity contribution < 1.29 is 24.1 Å². The Kier molecular flexibility index (Phi) is 7.92. The van der Waals surface area contributed by atoms with Gasteiger partial charge in [-0.3, -0.25) is 9.80 Å². The number of anilines is 2. The monoisotopic (exact) mass is 622 g/mol. The zero-order chi connectivity index (χ0) is 32.1. The van der Waals surface area contributed by atoms with Gasteiger partial charge in [-0.15, -0.1) is 0 Å². The Balaban J connectivity index is 1.47. The molecule has 2 atom stereocenters. The quantitative estimate of drug-likeness (QED) is 0.244. The lowest BCUT2D eigenvalue weighted by atomic mass is 9.86. The van der Waals surface area contributed by atoms with Crippen molar-refractivity contribution in [3.8, 4) is 34.5 Å². The predicted octanol–water partition coefficient (Wildman–Crippen LogP) is 5.80.